The minimum absolute atomic E-state index is 0.437. The second kappa shape index (κ2) is 5.37. The second-order valence-electron chi connectivity index (χ2n) is 7.44. The van der Waals surface area contributed by atoms with Crippen molar-refractivity contribution in [3.63, 3.8) is 0 Å². The van der Waals surface area contributed by atoms with Crippen molar-refractivity contribution in [2.75, 3.05) is 46.1 Å². The number of H-pyrrole nitrogens is 1. The van der Waals surface area contributed by atoms with Gasteiger partial charge in [0.05, 0.1) is 25.4 Å². The van der Waals surface area contributed by atoms with Crippen LogP contribution < -0.4 is 9.47 Å². The van der Waals surface area contributed by atoms with Crippen LogP contribution in [-0.2, 0) is 11.2 Å². The fourth-order valence-corrected chi connectivity index (χ4v) is 5.07. The average Bonchev–Trinajstić information content (AvgIpc) is 3.03. The summed E-state index contributed by atoms with van der Waals surface area (Å²) in [4.78, 5) is 8.96. The van der Waals surface area contributed by atoms with E-state index in [0.717, 1.165) is 50.8 Å². The fourth-order valence-electron chi connectivity index (χ4n) is 5.07. The lowest BCUT2D eigenvalue weighted by Gasteiger charge is -2.51. The topological polar surface area (TPSA) is 50.0 Å². The van der Waals surface area contributed by atoms with Crippen LogP contribution in [0.25, 0.3) is 10.9 Å². The number of nitrogens with one attached hydrogen (secondary N) is 1. The summed E-state index contributed by atoms with van der Waals surface area (Å²) in [5.74, 6) is 1.75. The first-order valence-corrected chi connectivity index (χ1v) is 9.40. The van der Waals surface area contributed by atoms with Crippen LogP contribution in [0.5, 0.6) is 11.5 Å². The third kappa shape index (κ3) is 2.08. The molecule has 4 aliphatic heterocycles. The van der Waals surface area contributed by atoms with Crippen molar-refractivity contribution in [2.24, 2.45) is 0 Å². The number of hydrogen-bond donors (Lipinski definition) is 1. The number of benzene rings is 1. The summed E-state index contributed by atoms with van der Waals surface area (Å²) in [5.41, 5.74) is 4.05. The molecular weight excluding hydrogens is 318 g/mol. The Labute approximate surface area is 146 Å². The highest BCUT2D eigenvalue weighted by atomic mass is 16.6. The Kier molecular flexibility index (Phi) is 3.09. The van der Waals surface area contributed by atoms with E-state index in [4.69, 9.17) is 14.2 Å². The Bertz CT molecular complexity index is 833. The molecule has 0 amide bonds. The third-order valence-electron chi connectivity index (χ3n) is 6.24. The average molecular weight is 341 g/mol. The molecule has 2 saturated heterocycles. The van der Waals surface area contributed by atoms with Crippen molar-refractivity contribution in [3.05, 3.63) is 23.4 Å². The van der Waals surface area contributed by atoms with Gasteiger partial charge in [-0.1, -0.05) is 0 Å². The fraction of sp³-hybridized carbons (Fsp3) is 0.579. The normalized spacial score (nSPS) is 29.1. The molecule has 6 nitrogen and oxygen atoms in total. The van der Waals surface area contributed by atoms with Crippen LogP contribution in [0.1, 0.15) is 23.7 Å². The van der Waals surface area contributed by atoms with Crippen molar-refractivity contribution >= 4 is 10.9 Å². The number of ether oxygens (including phenoxy) is 3. The number of morpholine rings is 1. The lowest BCUT2D eigenvalue weighted by Crippen LogP contribution is -2.61. The molecule has 1 aromatic carbocycles. The maximum Gasteiger partial charge on any atom is 0.163 e. The zero-order chi connectivity index (χ0) is 16.4. The minimum Gasteiger partial charge on any atom is -0.486 e. The highest BCUT2D eigenvalue weighted by Crippen LogP contribution is 2.43. The Morgan fingerprint density at radius 3 is 2.80 bits per heavy atom. The van der Waals surface area contributed by atoms with Crippen molar-refractivity contribution in [1.82, 2.24) is 14.8 Å². The summed E-state index contributed by atoms with van der Waals surface area (Å²) in [6.07, 6.45) is 2.70. The van der Waals surface area contributed by atoms with E-state index in [1.165, 1.54) is 28.6 Å². The van der Waals surface area contributed by atoms with Gasteiger partial charge in [-0.25, -0.2) is 0 Å². The van der Waals surface area contributed by atoms with Gasteiger partial charge in [-0.2, -0.15) is 0 Å². The molecule has 6 rings (SSSR count). The number of fused-ring (bicyclic) bond motifs is 8. The Morgan fingerprint density at radius 1 is 1.00 bits per heavy atom. The molecule has 0 saturated carbocycles. The van der Waals surface area contributed by atoms with Crippen molar-refractivity contribution in [2.45, 2.75) is 25.0 Å². The Morgan fingerprint density at radius 2 is 1.88 bits per heavy atom. The lowest BCUT2D eigenvalue weighted by atomic mass is 9.92. The first kappa shape index (κ1) is 14.4. The maximum atomic E-state index is 5.80. The zero-order valence-corrected chi connectivity index (χ0v) is 14.3. The van der Waals surface area contributed by atoms with E-state index >= 15 is 0 Å². The van der Waals surface area contributed by atoms with Crippen molar-refractivity contribution < 1.29 is 14.2 Å². The maximum absolute atomic E-state index is 5.80. The highest BCUT2D eigenvalue weighted by Gasteiger charge is 2.41. The number of aromatic nitrogens is 1. The smallest absolute Gasteiger partial charge is 0.163 e. The van der Waals surface area contributed by atoms with Crippen LogP contribution in [0.15, 0.2) is 12.1 Å². The Balaban J connectivity index is 1.43. The summed E-state index contributed by atoms with van der Waals surface area (Å²) >= 11 is 0. The van der Waals surface area contributed by atoms with Crippen LogP contribution in [0.2, 0.25) is 0 Å². The molecule has 25 heavy (non-hydrogen) atoms. The predicted molar refractivity (Wildman–Crippen MR) is 93.2 cm³/mol. The SMILES string of the molecule is c1c2c(cc3c4c([nH]c13)[C@H]1CCN3CCOC[C@H]3N1CC4)OCCO2. The molecule has 4 aliphatic rings. The van der Waals surface area contributed by atoms with Gasteiger partial charge in [0.1, 0.15) is 13.2 Å². The standard InChI is InChI=1S/C19H23N3O3/c1-4-22-15(2-3-21-5-6-23-11-18(21)22)19-12(1)13-9-16-17(10-14(13)20-19)25-8-7-24-16/h9-10,15,18,20H,1-8,11H2/t15-,18-/m1/s1. The van der Waals surface area contributed by atoms with Crippen LogP contribution in [0, 0.1) is 0 Å². The summed E-state index contributed by atoms with van der Waals surface area (Å²) in [7, 11) is 0. The first-order valence-electron chi connectivity index (χ1n) is 9.40. The molecule has 2 aromatic rings. The van der Waals surface area contributed by atoms with Gasteiger partial charge in [-0.15, -0.1) is 0 Å². The number of nitrogens with zero attached hydrogens (tertiary/aromatic N) is 2. The van der Waals surface area contributed by atoms with Crippen LogP contribution in [0.3, 0.4) is 0 Å². The van der Waals surface area contributed by atoms with Crippen LogP contribution in [0.4, 0.5) is 0 Å². The van der Waals surface area contributed by atoms with Gasteiger partial charge in [-0.3, -0.25) is 9.80 Å². The minimum atomic E-state index is 0.437. The molecule has 1 N–H and O–H groups in total. The number of rotatable bonds is 0. The molecule has 0 bridgehead atoms. The van der Waals surface area contributed by atoms with Gasteiger partial charge in [0, 0.05) is 42.3 Å². The third-order valence-corrected chi connectivity index (χ3v) is 6.24. The summed E-state index contributed by atoms with van der Waals surface area (Å²) in [6, 6.07) is 4.76. The van der Waals surface area contributed by atoms with E-state index in [1.54, 1.807) is 0 Å². The van der Waals surface area contributed by atoms with Gasteiger partial charge in [0.25, 0.3) is 0 Å². The van der Waals surface area contributed by atoms with Crippen molar-refractivity contribution in [1.29, 1.82) is 0 Å². The van der Waals surface area contributed by atoms with Gasteiger partial charge in [0.2, 0.25) is 0 Å². The number of hydrogen-bond acceptors (Lipinski definition) is 5. The second-order valence-corrected chi connectivity index (χ2v) is 7.44. The first-order chi connectivity index (χ1) is 12.4. The van der Waals surface area contributed by atoms with E-state index in [9.17, 15) is 0 Å². The monoisotopic (exact) mass is 341 g/mol. The molecule has 6 heteroatoms. The molecule has 2 atom stereocenters. The number of aromatic amines is 1. The summed E-state index contributed by atoms with van der Waals surface area (Å²) in [6.45, 7) is 6.30. The molecule has 1 aromatic heterocycles. The quantitative estimate of drug-likeness (QED) is 0.793. The summed E-state index contributed by atoms with van der Waals surface area (Å²) < 4.78 is 17.3. The Hall–Kier alpha value is -1.76. The van der Waals surface area contributed by atoms with Crippen LogP contribution in [-0.4, -0.2) is 67.0 Å². The van der Waals surface area contributed by atoms with E-state index < -0.39 is 0 Å². The molecular formula is C19H23N3O3. The summed E-state index contributed by atoms with van der Waals surface area (Å²) in [5, 5.41) is 1.31. The van der Waals surface area contributed by atoms with E-state index in [-0.39, 0.29) is 0 Å². The largest absolute Gasteiger partial charge is 0.486 e. The molecule has 0 radical (unpaired) electrons. The van der Waals surface area contributed by atoms with Gasteiger partial charge in [0.15, 0.2) is 11.5 Å². The molecule has 2 fully saturated rings. The van der Waals surface area contributed by atoms with E-state index in [1.807, 2.05) is 0 Å². The van der Waals surface area contributed by atoms with Gasteiger partial charge in [-0.05, 0) is 24.5 Å². The van der Waals surface area contributed by atoms with E-state index in [0.29, 0.717) is 25.4 Å². The highest BCUT2D eigenvalue weighted by molar-refractivity contribution is 5.88. The molecule has 0 unspecified atom stereocenters. The molecule has 5 heterocycles. The molecule has 132 valence electrons. The van der Waals surface area contributed by atoms with Gasteiger partial charge < -0.3 is 19.2 Å². The van der Waals surface area contributed by atoms with Crippen molar-refractivity contribution in [3.8, 4) is 11.5 Å². The van der Waals surface area contributed by atoms with Crippen LogP contribution >= 0.6 is 0 Å². The zero-order valence-electron chi connectivity index (χ0n) is 14.3. The molecule has 0 aliphatic carbocycles. The van der Waals surface area contributed by atoms with Gasteiger partial charge >= 0.3 is 0 Å². The molecule has 0 spiro atoms. The lowest BCUT2D eigenvalue weighted by molar-refractivity contribution is -0.120. The van der Waals surface area contributed by atoms with E-state index in [2.05, 4.69) is 26.9 Å². The predicted octanol–water partition coefficient (Wildman–Crippen LogP) is 1.90.